The van der Waals surface area contributed by atoms with E-state index in [1.165, 1.54) is 24.5 Å². The predicted octanol–water partition coefficient (Wildman–Crippen LogP) is -2.97. The number of carbonyl (C=O) groups is 5. The van der Waals surface area contributed by atoms with Crippen molar-refractivity contribution >= 4 is 29.7 Å². The molecule has 13 heteroatoms. The maximum atomic E-state index is 13.1. The first-order valence-corrected chi connectivity index (χ1v) is 9.22. The topological polar surface area (TPSA) is 202 Å². The van der Waals surface area contributed by atoms with Crippen LogP contribution in [0, 0.1) is 0 Å². The SMILES string of the molecule is CN1C(=O)C[C@@H](C(=O)N[C@@H](Cc2cnc[nH]2)C(=O)N2CCC[C@H]2C(N)=O)NC1=O.O. The van der Waals surface area contributed by atoms with Crippen LogP contribution in [0.25, 0.3) is 0 Å². The van der Waals surface area contributed by atoms with Gasteiger partial charge >= 0.3 is 6.03 Å². The van der Waals surface area contributed by atoms with Crippen molar-refractivity contribution in [1.82, 2.24) is 30.4 Å². The summed E-state index contributed by atoms with van der Waals surface area (Å²) in [6, 6.07) is -3.53. The Kier molecular flexibility index (Phi) is 7.10. The van der Waals surface area contributed by atoms with Crippen LogP contribution in [0.4, 0.5) is 4.79 Å². The number of aromatic nitrogens is 2. The minimum atomic E-state index is -1.09. The quantitative estimate of drug-likeness (QED) is 0.376. The minimum absolute atomic E-state index is 0. The summed E-state index contributed by atoms with van der Waals surface area (Å²) in [7, 11) is 1.31. The van der Waals surface area contributed by atoms with Crippen molar-refractivity contribution in [3.8, 4) is 0 Å². The second kappa shape index (κ2) is 9.35. The predicted molar refractivity (Wildman–Crippen MR) is 101 cm³/mol. The molecule has 2 aliphatic heterocycles. The summed E-state index contributed by atoms with van der Waals surface area (Å²) >= 11 is 0. The molecule has 7 N–H and O–H groups in total. The molecule has 2 aliphatic rings. The van der Waals surface area contributed by atoms with Crippen molar-refractivity contribution in [2.24, 2.45) is 5.73 Å². The van der Waals surface area contributed by atoms with Gasteiger partial charge in [0.05, 0.1) is 12.7 Å². The molecule has 0 bridgehead atoms. The number of amides is 6. The first-order chi connectivity index (χ1) is 13.8. The average Bonchev–Trinajstić information content (AvgIpc) is 3.36. The van der Waals surface area contributed by atoms with Gasteiger partial charge < -0.3 is 31.7 Å². The van der Waals surface area contributed by atoms with Crippen molar-refractivity contribution in [1.29, 1.82) is 0 Å². The van der Waals surface area contributed by atoms with Gasteiger partial charge in [-0.15, -0.1) is 0 Å². The van der Waals surface area contributed by atoms with Crippen LogP contribution in [0.5, 0.6) is 0 Å². The average molecular weight is 423 g/mol. The molecular formula is C17H25N7O6. The fraction of sp³-hybridized carbons (Fsp3) is 0.529. The molecule has 2 fully saturated rings. The van der Waals surface area contributed by atoms with E-state index in [2.05, 4.69) is 20.6 Å². The van der Waals surface area contributed by atoms with E-state index in [9.17, 15) is 24.0 Å². The van der Waals surface area contributed by atoms with Gasteiger partial charge in [-0.25, -0.2) is 9.78 Å². The third-order valence-electron chi connectivity index (χ3n) is 5.13. The Balaban J connectivity index is 0.00000320. The number of nitrogens with one attached hydrogen (secondary N) is 3. The molecular weight excluding hydrogens is 398 g/mol. The molecule has 2 saturated heterocycles. The maximum Gasteiger partial charge on any atom is 0.324 e. The van der Waals surface area contributed by atoms with Gasteiger partial charge in [0.1, 0.15) is 18.1 Å². The zero-order chi connectivity index (χ0) is 21.1. The summed E-state index contributed by atoms with van der Waals surface area (Å²) < 4.78 is 0. The lowest BCUT2D eigenvalue weighted by Gasteiger charge is -2.31. The number of imidazole rings is 1. The highest BCUT2D eigenvalue weighted by Gasteiger charge is 2.39. The number of nitrogens with zero attached hydrogens (tertiary/aromatic N) is 3. The summed E-state index contributed by atoms with van der Waals surface area (Å²) in [5.74, 6) is -2.22. The first kappa shape index (κ1) is 22.8. The van der Waals surface area contributed by atoms with E-state index in [-0.39, 0.29) is 18.3 Å². The van der Waals surface area contributed by atoms with E-state index >= 15 is 0 Å². The number of primary amides is 1. The minimum Gasteiger partial charge on any atom is -0.412 e. The number of hydrogen-bond acceptors (Lipinski definition) is 6. The number of likely N-dealkylation sites (tertiary alicyclic amines) is 1. The maximum absolute atomic E-state index is 13.1. The molecule has 3 atom stereocenters. The van der Waals surface area contributed by atoms with Crippen LogP contribution in [-0.2, 0) is 25.6 Å². The molecule has 0 aromatic carbocycles. The van der Waals surface area contributed by atoms with Crippen LogP contribution in [-0.4, -0.2) is 86.6 Å². The van der Waals surface area contributed by atoms with Crippen LogP contribution >= 0.6 is 0 Å². The first-order valence-electron chi connectivity index (χ1n) is 9.22. The van der Waals surface area contributed by atoms with Crippen LogP contribution in [0.2, 0.25) is 0 Å². The molecule has 0 aliphatic carbocycles. The van der Waals surface area contributed by atoms with Gasteiger partial charge in [-0.05, 0) is 12.8 Å². The zero-order valence-electron chi connectivity index (χ0n) is 16.4. The molecule has 0 radical (unpaired) electrons. The van der Waals surface area contributed by atoms with Gasteiger partial charge in [0.2, 0.25) is 23.6 Å². The largest absolute Gasteiger partial charge is 0.412 e. The second-order valence-corrected chi connectivity index (χ2v) is 7.09. The summed E-state index contributed by atoms with van der Waals surface area (Å²) in [5.41, 5.74) is 6.00. The number of hydrogen-bond donors (Lipinski definition) is 4. The number of H-pyrrole nitrogens is 1. The number of nitrogens with two attached hydrogens (primary N) is 1. The highest BCUT2D eigenvalue weighted by molar-refractivity contribution is 6.03. The summed E-state index contributed by atoms with van der Waals surface area (Å²) in [6.45, 7) is 0.352. The molecule has 0 unspecified atom stereocenters. The van der Waals surface area contributed by atoms with Gasteiger partial charge in [-0.1, -0.05) is 0 Å². The highest BCUT2D eigenvalue weighted by Crippen LogP contribution is 2.19. The van der Waals surface area contributed by atoms with Crippen molar-refractivity contribution in [3.63, 3.8) is 0 Å². The van der Waals surface area contributed by atoms with Gasteiger partial charge in [-0.3, -0.25) is 24.1 Å². The zero-order valence-corrected chi connectivity index (χ0v) is 16.4. The lowest BCUT2D eigenvalue weighted by molar-refractivity contribution is -0.141. The van der Waals surface area contributed by atoms with Gasteiger partial charge in [0.25, 0.3) is 0 Å². The second-order valence-electron chi connectivity index (χ2n) is 7.09. The lowest BCUT2D eigenvalue weighted by atomic mass is 10.1. The van der Waals surface area contributed by atoms with Crippen LogP contribution in [0.3, 0.4) is 0 Å². The highest BCUT2D eigenvalue weighted by atomic mass is 16.2. The molecule has 30 heavy (non-hydrogen) atoms. The summed E-state index contributed by atoms with van der Waals surface area (Å²) in [5, 5.41) is 5.03. The van der Waals surface area contributed by atoms with Crippen LogP contribution in [0.15, 0.2) is 12.5 Å². The van der Waals surface area contributed by atoms with E-state index in [1.807, 2.05) is 0 Å². The third kappa shape index (κ3) is 4.74. The number of urea groups is 1. The molecule has 0 saturated carbocycles. The fourth-order valence-corrected chi connectivity index (χ4v) is 3.50. The molecule has 0 spiro atoms. The van der Waals surface area contributed by atoms with E-state index in [4.69, 9.17) is 5.73 Å². The standard InChI is InChI=1S/C17H23N7O5.H2O/c1-23-13(25)6-10(22-17(23)29)15(27)21-11(5-9-7-19-8-20-9)16(28)24-4-2-3-12(24)14(18)26;/h7-8,10-12H,2-6H2,1H3,(H2,18,26)(H,19,20)(H,21,27)(H,22,29);1H2/t10-,11-,12-;/m0./s1. The lowest BCUT2D eigenvalue weighted by Crippen LogP contribution is -2.61. The molecule has 164 valence electrons. The Labute approximate surface area is 171 Å². The molecule has 13 nitrogen and oxygen atoms in total. The van der Waals surface area contributed by atoms with Crippen molar-refractivity contribution in [3.05, 3.63) is 18.2 Å². The van der Waals surface area contributed by atoms with E-state index in [0.29, 0.717) is 25.1 Å². The number of aromatic amines is 1. The Morgan fingerprint density at radius 1 is 1.37 bits per heavy atom. The van der Waals surface area contributed by atoms with Gasteiger partial charge in [0, 0.05) is 31.9 Å². The number of imide groups is 1. The van der Waals surface area contributed by atoms with Crippen molar-refractivity contribution in [2.45, 2.75) is 43.8 Å². The van der Waals surface area contributed by atoms with E-state index < -0.39 is 47.8 Å². The molecule has 3 rings (SSSR count). The number of carbonyl (C=O) groups excluding carboxylic acids is 5. The van der Waals surface area contributed by atoms with Crippen molar-refractivity contribution in [2.75, 3.05) is 13.6 Å². The summed E-state index contributed by atoms with van der Waals surface area (Å²) in [4.78, 5) is 70.1. The molecule has 1 aromatic rings. The Morgan fingerprint density at radius 2 is 2.10 bits per heavy atom. The van der Waals surface area contributed by atoms with Gasteiger partial charge in [0.15, 0.2) is 0 Å². The third-order valence-corrected chi connectivity index (χ3v) is 5.13. The smallest absolute Gasteiger partial charge is 0.324 e. The van der Waals surface area contributed by atoms with Crippen molar-refractivity contribution < 1.29 is 29.4 Å². The fourth-order valence-electron chi connectivity index (χ4n) is 3.50. The van der Waals surface area contributed by atoms with E-state index in [0.717, 1.165) is 4.90 Å². The Morgan fingerprint density at radius 3 is 2.70 bits per heavy atom. The van der Waals surface area contributed by atoms with Gasteiger partial charge in [-0.2, -0.15) is 0 Å². The Hall–Kier alpha value is -3.48. The number of rotatable bonds is 6. The molecule has 1 aromatic heterocycles. The molecule has 6 amide bonds. The Bertz CT molecular complexity index is 809. The van der Waals surface area contributed by atoms with E-state index in [1.54, 1.807) is 0 Å². The van der Waals surface area contributed by atoms with Crippen LogP contribution < -0.4 is 16.4 Å². The monoisotopic (exact) mass is 423 g/mol. The normalized spacial score (nSPS) is 22.2. The van der Waals surface area contributed by atoms with Crippen LogP contribution in [0.1, 0.15) is 25.0 Å². The molecule has 3 heterocycles. The summed E-state index contributed by atoms with van der Waals surface area (Å²) in [6.07, 6.45) is 3.93.